The van der Waals surface area contributed by atoms with Crippen LogP contribution in [0.15, 0.2) is 127 Å². The number of allylic oxidation sites excluding steroid dienone is 1. The van der Waals surface area contributed by atoms with Crippen molar-refractivity contribution in [2.24, 2.45) is 22.9 Å². The van der Waals surface area contributed by atoms with Gasteiger partial charge in [0.1, 0.15) is 36.6 Å². The predicted molar refractivity (Wildman–Crippen MR) is 239 cm³/mol. The van der Waals surface area contributed by atoms with Crippen LogP contribution in [0.25, 0.3) is 0 Å². The molecule has 7 rings (SSSR count). The Morgan fingerprint density at radius 3 is 2.44 bits per heavy atom. The van der Waals surface area contributed by atoms with Crippen LogP contribution in [0.3, 0.4) is 0 Å². The first-order valence-electron chi connectivity index (χ1n) is 22.3. The summed E-state index contributed by atoms with van der Waals surface area (Å²) < 4.78 is 35.6. The van der Waals surface area contributed by atoms with Gasteiger partial charge in [-0.2, -0.15) is 5.26 Å². The van der Waals surface area contributed by atoms with E-state index in [1.807, 2.05) is 60.4 Å². The Morgan fingerprint density at radius 2 is 1.73 bits per heavy atom. The SMILES string of the molecule is C=CCO[C@@]12Oc3ccc(OCc4ccccc4F)cc3[C@H]3[C@H](CCCCO)[C@@H](CCCCO)C=C(C(=NOCc4ccccc4)C[C@@H]1N(CCC)C(=O)c1ccc(C#N)cc1)[C@H]32. The van der Waals surface area contributed by atoms with Crippen molar-refractivity contribution in [3.8, 4) is 17.6 Å². The molecule has 0 spiro atoms. The van der Waals surface area contributed by atoms with Gasteiger partial charge in [-0.15, -0.1) is 6.58 Å². The fourth-order valence-corrected chi connectivity index (χ4v) is 9.77. The number of benzene rings is 4. The molecule has 1 aliphatic heterocycles. The van der Waals surface area contributed by atoms with E-state index in [2.05, 4.69) is 18.7 Å². The Kier molecular flexibility index (Phi) is 15.5. The average molecular weight is 856 g/mol. The number of aliphatic hydroxyl groups is 2. The summed E-state index contributed by atoms with van der Waals surface area (Å²) in [4.78, 5) is 23.0. The molecule has 63 heavy (non-hydrogen) atoms. The molecular weight excluding hydrogens is 798 g/mol. The summed E-state index contributed by atoms with van der Waals surface area (Å²) in [7, 11) is 0. The van der Waals surface area contributed by atoms with Crippen LogP contribution in [0.5, 0.6) is 11.5 Å². The van der Waals surface area contributed by atoms with Crippen LogP contribution in [0.1, 0.15) is 96.8 Å². The maximum absolute atomic E-state index is 15.0. The Labute approximate surface area is 370 Å². The lowest BCUT2D eigenvalue weighted by Gasteiger charge is -2.60. The molecule has 330 valence electrons. The van der Waals surface area contributed by atoms with E-state index in [0.29, 0.717) is 59.7 Å². The number of halogens is 1. The third-order valence-corrected chi connectivity index (χ3v) is 12.6. The van der Waals surface area contributed by atoms with Crippen molar-refractivity contribution in [1.82, 2.24) is 4.90 Å². The lowest BCUT2D eigenvalue weighted by atomic mass is 9.55. The van der Waals surface area contributed by atoms with Gasteiger partial charge < -0.3 is 34.2 Å². The molecule has 1 amide bonds. The molecule has 4 aromatic carbocycles. The van der Waals surface area contributed by atoms with Gasteiger partial charge in [0.15, 0.2) is 0 Å². The van der Waals surface area contributed by atoms with E-state index in [-0.39, 0.29) is 68.9 Å². The van der Waals surface area contributed by atoms with Crippen molar-refractivity contribution in [3.05, 3.63) is 155 Å². The molecule has 0 saturated heterocycles. The van der Waals surface area contributed by atoms with Gasteiger partial charge in [0.2, 0.25) is 5.79 Å². The molecule has 3 aliphatic rings. The number of carbonyl (C=O) groups is 1. The number of nitriles is 1. The highest BCUT2D eigenvalue weighted by molar-refractivity contribution is 6.03. The van der Waals surface area contributed by atoms with Gasteiger partial charge in [0, 0.05) is 48.8 Å². The number of unbranched alkanes of at least 4 members (excludes halogenated alkanes) is 2. The van der Waals surface area contributed by atoms with Crippen molar-refractivity contribution in [2.45, 2.75) is 89.3 Å². The molecule has 0 bridgehead atoms. The normalized spacial score (nSPS) is 22.7. The van der Waals surface area contributed by atoms with E-state index in [1.165, 1.54) is 6.07 Å². The van der Waals surface area contributed by atoms with E-state index >= 15 is 0 Å². The predicted octanol–water partition coefficient (Wildman–Crippen LogP) is 9.66. The number of oxime groups is 1. The van der Waals surface area contributed by atoms with Crippen LogP contribution in [0.4, 0.5) is 4.39 Å². The highest BCUT2D eigenvalue weighted by Gasteiger charge is 2.65. The summed E-state index contributed by atoms with van der Waals surface area (Å²) in [6.07, 6.45) is 9.34. The minimum Gasteiger partial charge on any atom is -0.489 e. The minimum atomic E-state index is -1.44. The smallest absolute Gasteiger partial charge is 0.254 e. The first-order chi connectivity index (χ1) is 30.8. The van der Waals surface area contributed by atoms with Gasteiger partial charge in [-0.3, -0.25) is 4.79 Å². The first kappa shape index (κ1) is 45.2. The molecule has 1 saturated carbocycles. The van der Waals surface area contributed by atoms with Gasteiger partial charge in [-0.05, 0) is 104 Å². The van der Waals surface area contributed by atoms with Crippen molar-refractivity contribution in [2.75, 3.05) is 26.4 Å². The van der Waals surface area contributed by atoms with E-state index in [1.54, 1.807) is 48.5 Å². The third-order valence-electron chi connectivity index (χ3n) is 12.6. The van der Waals surface area contributed by atoms with Crippen molar-refractivity contribution in [1.29, 1.82) is 5.26 Å². The van der Waals surface area contributed by atoms with Crippen LogP contribution >= 0.6 is 0 Å². The summed E-state index contributed by atoms with van der Waals surface area (Å²) in [5.74, 6) is -1.58. The van der Waals surface area contributed by atoms with Crippen molar-refractivity contribution in [3.63, 3.8) is 0 Å². The highest BCUT2D eigenvalue weighted by Crippen LogP contribution is 2.62. The second-order valence-electron chi connectivity index (χ2n) is 16.6. The third kappa shape index (κ3) is 10.0. The Morgan fingerprint density at radius 1 is 0.984 bits per heavy atom. The van der Waals surface area contributed by atoms with E-state index in [4.69, 9.17) is 24.2 Å². The number of amides is 1. The quantitative estimate of drug-likeness (QED) is 0.0481. The van der Waals surface area contributed by atoms with Crippen molar-refractivity contribution >= 4 is 11.6 Å². The van der Waals surface area contributed by atoms with Crippen LogP contribution in [0, 0.1) is 34.9 Å². The standard InChI is InChI=1S/C52H58FN3O7/c1-3-26-56(51(59)38-22-20-36(33-54)21-23-38)48-32-46(55-62-34-37-14-6-5-7-15-37)43-30-39(16-10-12-27-57)42(18-11-13-28-58)49-44-31-41(60-35-40-17-8-9-19-45(40)53)24-25-47(44)63-52(48,50(43)49)61-29-4-2/h4-9,14-15,17,19-25,30-31,39,42,48-50,57-58H,2-3,10-13,16,18,26-29,32,34-35H2,1H3/t39-,42+,48-,49+,50+,52+/m0/s1. The summed E-state index contributed by atoms with van der Waals surface area (Å²) in [5.41, 5.74) is 4.80. The molecule has 2 N–H and O–H groups in total. The van der Waals surface area contributed by atoms with E-state index < -0.39 is 17.7 Å². The number of nitrogens with zero attached hydrogens (tertiary/aromatic N) is 3. The number of fused-ring (bicyclic) bond motifs is 2. The number of hydrogen-bond acceptors (Lipinski definition) is 9. The van der Waals surface area contributed by atoms with E-state index in [9.17, 15) is 24.7 Å². The van der Waals surface area contributed by atoms with Gasteiger partial charge in [0.05, 0.1) is 29.9 Å². The molecular formula is C52H58FN3O7. The zero-order chi connectivity index (χ0) is 44.2. The number of aliphatic hydroxyl groups excluding tert-OH is 2. The van der Waals surface area contributed by atoms with Gasteiger partial charge >= 0.3 is 0 Å². The molecule has 11 heteroatoms. The van der Waals surface area contributed by atoms with E-state index in [0.717, 1.165) is 42.4 Å². The van der Waals surface area contributed by atoms with Gasteiger partial charge in [0.25, 0.3) is 5.91 Å². The number of hydrogen-bond donors (Lipinski definition) is 2. The lowest BCUT2D eigenvalue weighted by molar-refractivity contribution is -0.254. The molecule has 6 atom stereocenters. The fraction of sp³-hybridized carbons (Fsp3) is 0.404. The molecule has 1 fully saturated rings. The van der Waals surface area contributed by atoms with Gasteiger partial charge in [-0.1, -0.05) is 85.6 Å². The average Bonchev–Trinajstić information content (AvgIpc) is 3.31. The molecule has 4 aromatic rings. The minimum absolute atomic E-state index is 0.0132. The van der Waals surface area contributed by atoms with Crippen molar-refractivity contribution < 1.29 is 38.4 Å². The summed E-state index contributed by atoms with van der Waals surface area (Å²) in [5, 5.41) is 34.4. The summed E-state index contributed by atoms with van der Waals surface area (Å²) in [6, 6.07) is 30.2. The molecule has 0 aromatic heterocycles. The highest BCUT2D eigenvalue weighted by atomic mass is 19.1. The lowest BCUT2D eigenvalue weighted by Crippen LogP contribution is -2.70. The van der Waals surface area contributed by atoms with Crippen LogP contribution in [-0.2, 0) is 22.8 Å². The fourth-order valence-electron chi connectivity index (χ4n) is 9.77. The Balaban J connectivity index is 1.43. The molecule has 10 nitrogen and oxygen atoms in total. The number of ether oxygens (including phenoxy) is 3. The van der Waals surface area contributed by atoms with Crippen LogP contribution < -0.4 is 9.47 Å². The molecule has 1 heterocycles. The summed E-state index contributed by atoms with van der Waals surface area (Å²) >= 11 is 0. The topological polar surface area (TPSA) is 134 Å². The second kappa shape index (κ2) is 21.5. The Hall–Kier alpha value is -5.80. The molecule has 0 unspecified atom stereocenters. The Bertz CT molecular complexity index is 2280. The second-order valence-corrected chi connectivity index (χ2v) is 16.6. The zero-order valence-corrected chi connectivity index (χ0v) is 36.0. The molecule has 2 aliphatic carbocycles. The monoisotopic (exact) mass is 855 g/mol. The first-order valence-corrected chi connectivity index (χ1v) is 22.3. The van der Waals surface area contributed by atoms with Gasteiger partial charge in [-0.25, -0.2) is 4.39 Å². The summed E-state index contributed by atoms with van der Waals surface area (Å²) in [6.45, 7) is 6.99. The largest absolute Gasteiger partial charge is 0.489 e. The maximum Gasteiger partial charge on any atom is 0.254 e. The number of carbonyl (C=O) groups excluding carboxylic acids is 1. The zero-order valence-electron chi connectivity index (χ0n) is 36.0. The molecule has 0 radical (unpaired) electrons. The maximum atomic E-state index is 15.0. The van der Waals surface area contributed by atoms with Crippen LogP contribution in [-0.4, -0.2) is 64.9 Å². The van der Waals surface area contributed by atoms with Crippen LogP contribution in [0.2, 0.25) is 0 Å². The number of rotatable bonds is 21.